The molecule has 102 valence electrons. The Bertz CT molecular complexity index is 464. The van der Waals surface area contributed by atoms with Crippen LogP contribution in [0.25, 0.3) is 0 Å². The maximum Gasteiger partial charge on any atom is 0.292 e. The molecule has 1 aliphatic rings. The fourth-order valence-electron chi connectivity index (χ4n) is 2.65. The minimum atomic E-state index is -0.469. The highest BCUT2D eigenvalue weighted by Crippen LogP contribution is 2.23. The van der Waals surface area contributed by atoms with Crippen molar-refractivity contribution in [1.29, 1.82) is 0 Å². The predicted octanol–water partition coefficient (Wildman–Crippen LogP) is 2.87. The van der Waals surface area contributed by atoms with Gasteiger partial charge in [0.2, 0.25) is 5.78 Å². The van der Waals surface area contributed by atoms with E-state index in [1.54, 1.807) is 12.1 Å². The van der Waals surface area contributed by atoms with Crippen molar-refractivity contribution in [2.75, 3.05) is 0 Å². The third kappa shape index (κ3) is 3.66. The maximum absolute atomic E-state index is 12.0. The molecule has 1 aromatic carbocycles. The van der Waals surface area contributed by atoms with E-state index < -0.39 is 11.7 Å². The van der Waals surface area contributed by atoms with Crippen molar-refractivity contribution in [2.24, 2.45) is 5.92 Å². The largest absolute Gasteiger partial charge is 0.346 e. The second-order valence-electron chi connectivity index (χ2n) is 5.64. The van der Waals surface area contributed by atoms with Crippen molar-refractivity contribution < 1.29 is 9.59 Å². The fraction of sp³-hybridized carbons (Fsp3) is 0.500. The minimum absolute atomic E-state index is 0.158. The zero-order valence-corrected chi connectivity index (χ0v) is 11.6. The number of rotatable bonds is 3. The number of carbonyl (C=O) groups is 2. The van der Waals surface area contributed by atoms with E-state index in [-0.39, 0.29) is 6.04 Å². The molecule has 2 unspecified atom stereocenters. The van der Waals surface area contributed by atoms with Crippen molar-refractivity contribution in [3.8, 4) is 0 Å². The van der Waals surface area contributed by atoms with E-state index >= 15 is 0 Å². The van der Waals surface area contributed by atoms with Crippen LogP contribution in [-0.4, -0.2) is 17.7 Å². The number of benzene rings is 1. The van der Waals surface area contributed by atoms with E-state index in [1.807, 2.05) is 19.1 Å². The van der Waals surface area contributed by atoms with Crippen LogP contribution in [0.4, 0.5) is 0 Å². The van der Waals surface area contributed by atoms with Gasteiger partial charge in [0.25, 0.3) is 5.91 Å². The molecule has 0 aliphatic heterocycles. The molecule has 0 bridgehead atoms. The normalized spacial score (nSPS) is 22.8. The molecule has 3 nitrogen and oxygen atoms in total. The summed E-state index contributed by atoms with van der Waals surface area (Å²) < 4.78 is 0. The van der Waals surface area contributed by atoms with Gasteiger partial charge in [-0.25, -0.2) is 0 Å². The van der Waals surface area contributed by atoms with Gasteiger partial charge in [0.1, 0.15) is 0 Å². The minimum Gasteiger partial charge on any atom is -0.346 e. The van der Waals surface area contributed by atoms with Crippen LogP contribution in [0, 0.1) is 12.8 Å². The lowest BCUT2D eigenvalue weighted by atomic mass is 9.87. The molecule has 0 saturated heterocycles. The molecule has 0 spiro atoms. The van der Waals surface area contributed by atoms with Crippen LogP contribution < -0.4 is 5.32 Å². The van der Waals surface area contributed by atoms with Crippen molar-refractivity contribution in [1.82, 2.24) is 5.32 Å². The van der Waals surface area contributed by atoms with Gasteiger partial charge in [-0.1, -0.05) is 49.6 Å². The van der Waals surface area contributed by atoms with Crippen LogP contribution in [0.3, 0.4) is 0 Å². The molecule has 0 radical (unpaired) electrons. The highest BCUT2D eigenvalue weighted by atomic mass is 16.2. The Labute approximate surface area is 114 Å². The SMILES string of the molecule is Cc1ccc(C(=O)C(=O)NC2CCCC(C)C2)cc1. The van der Waals surface area contributed by atoms with Gasteiger partial charge in [0.15, 0.2) is 0 Å². The first-order valence-electron chi connectivity index (χ1n) is 6.98. The van der Waals surface area contributed by atoms with Gasteiger partial charge in [0, 0.05) is 11.6 Å². The van der Waals surface area contributed by atoms with Gasteiger partial charge in [-0.05, 0) is 25.7 Å². The number of Topliss-reactive ketones (excluding diaryl/α,β-unsaturated/α-hetero) is 1. The van der Waals surface area contributed by atoms with Crippen LogP contribution in [0.15, 0.2) is 24.3 Å². The van der Waals surface area contributed by atoms with Crippen LogP contribution in [0.1, 0.15) is 48.5 Å². The molecule has 1 aromatic rings. The average Bonchev–Trinajstić information content (AvgIpc) is 2.39. The third-order valence-electron chi connectivity index (χ3n) is 3.79. The molecular formula is C16H21NO2. The van der Waals surface area contributed by atoms with E-state index in [4.69, 9.17) is 0 Å². The lowest BCUT2D eigenvalue weighted by molar-refractivity contribution is -0.117. The predicted molar refractivity (Wildman–Crippen MR) is 75.1 cm³/mol. The van der Waals surface area contributed by atoms with Gasteiger partial charge < -0.3 is 5.32 Å². The van der Waals surface area contributed by atoms with Crippen molar-refractivity contribution in [3.05, 3.63) is 35.4 Å². The first-order valence-corrected chi connectivity index (χ1v) is 6.98. The summed E-state index contributed by atoms with van der Waals surface area (Å²) in [6.45, 7) is 4.15. The van der Waals surface area contributed by atoms with Gasteiger partial charge in [0.05, 0.1) is 0 Å². The molecule has 1 N–H and O–H groups in total. The molecule has 2 atom stereocenters. The van der Waals surface area contributed by atoms with Crippen LogP contribution in [0.2, 0.25) is 0 Å². The number of ketones is 1. The summed E-state index contributed by atoms with van der Waals surface area (Å²) in [5.41, 5.74) is 1.55. The second kappa shape index (κ2) is 6.00. The average molecular weight is 259 g/mol. The van der Waals surface area contributed by atoms with Gasteiger partial charge in [-0.15, -0.1) is 0 Å². The topological polar surface area (TPSA) is 46.2 Å². The summed E-state index contributed by atoms with van der Waals surface area (Å²) in [7, 11) is 0. The van der Waals surface area contributed by atoms with Crippen LogP contribution in [0.5, 0.6) is 0 Å². The molecular weight excluding hydrogens is 238 g/mol. The molecule has 0 heterocycles. The Kier molecular flexibility index (Phi) is 4.35. The molecule has 1 aliphatic carbocycles. The Morgan fingerprint density at radius 1 is 1.16 bits per heavy atom. The summed E-state index contributed by atoms with van der Waals surface area (Å²) in [6, 6.07) is 7.28. The van der Waals surface area contributed by atoms with Crippen LogP contribution >= 0.6 is 0 Å². The van der Waals surface area contributed by atoms with E-state index in [0.717, 1.165) is 24.8 Å². The summed E-state index contributed by atoms with van der Waals surface area (Å²) >= 11 is 0. The summed E-state index contributed by atoms with van der Waals surface area (Å²) in [6.07, 6.45) is 4.31. The van der Waals surface area contributed by atoms with Crippen molar-refractivity contribution >= 4 is 11.7 Å². The van der Waals surface area contributed by atoms with E-state index in [2.05, 4.69) is 12.2 Å². The molecule has 1 fully saturated rings. The van der Waals surface area contributed by atoms with Crippen LogP contribution in [-0.2, 0) is 4.79 Å². The van der Waals surface area contributed by atoms with Crippen molar-refractivity contribution in [3.63, 3.8) is 0 Å². The summed E-state index contributed by atoms with van der Waals surface area (Å²) in [4.78, 5) is 23.9. The maximum atomic E-state index is 12.0. The Balaban J connectivity index is 1.95. The second-order valence-corrected chi connectivity index (χ2v) is 5.64. The lowest BCUT2D eigenvalue weighted by Gasteiger charge is -2.27. The van der Waals surface area contributed by atoms with Crippen molar-refractivity contribution in [2.45, 2.75) is 45.6 Å². The molecule has 19 heavy (non-hydrogen) atoms. The first kappa shape index (κ1) is 13.8. The van der Waals surface area contributed by atoms with Gasteiger partial charge >= 0.3 is 0 Å². The van der Waals surface area contributed by atoms with E-state index in [0.29, 0.717) is 11.5 Å². The number of nitrogens with one attached hydrogen (secondary N) is 1. The smallest absolute Gasteiger partial charge is 0.292 e. The number of aryl methyl sites for hydroxylation is 1. The number of hydrogen-bond donors (Lipinski definition) is 1. The Morgan fingerprint density at radius 2 is 1.84 bits per heavy atom. The van der Waals surface area contributed by atoms with E-state index in [9.17, 15) is 9.59 Å². The quantitative estimate of drug-likeness (QED) is 0.670. The first-order chi connectivity index (χ1) is 9.06. The molecule has 0 aromatic heterocycles. The lowest BCUT2D eigenvalue weighted by Crippen LogP contribution is -2.41. The van der Waals surface area contributed by atoms with Gasteiger partial charge in [-0.2, -0.15) is 0 Å². The number of hydrogen-bond acceptors (Lipinski definition) is 2. The molecule has 1 amide bonds. The Hall–Kier alpha value is -1.64. The van der Waals surface area contributed by atoms with Gasteiger partial charge in [-0.3, -0.25) is 9.59 Å². The number of amides is 1. The zero-order valence-electron chi connectivity index (χ0n) is 11.6. The monoisotopic (exact) mass is 259 g/mol. The zero-order chi connectivity index (χ0) is 13.8. The fourth-order valence-corrected chi connectivity index (χ4v) is 2.65. The molecule has 2 rings (SSSR count). The Morgan fingerprint density at radius 3 is 2.47 bits per heavy atom. The molecule has 1 saturated carbocycles. The van der Waals surface area contributed by atoms with E-state index in [1.165, 1.54) is 6.42 Å². The summed E-state index contributed by atoms with van der Waals surface area (Å²) in [5.74, 6) is -0.269. The summed E-state index contributed by atoms with van der Waals surface area (Å²) in [5, 5.41) is 2.87. The standard InChI is InChI=1S/C16H21NO2/c1-11-6-8-13(9-7-11)15(18)16(19)17-14-5-3-4-12(2)10-14/h6-9,12,14H,3-5,10H2,1-2H3,(H,17,19). The molecule has 3 heteroatoms. The highest BCUT2D eigenvalue weighted by molar-refractivity contribution is 6.42. The third-order valence-corrected chi connectivity index (χ3v) is 3.79. The highest BCUT2D eigenvalue weighted by Gasteiger charge is 2.23. The number of carbonyl (C=O) groups excluding carboxylic acids is 2.